The molecule has 0 spiro atoms. The third kappa shape index (κ3) is 4.81. The third-order valence-electron chi connectivity index (χ3n) is 5.21. The average Bonchev–Trinajstić information content (AvgIpc) is 3.14. The normalized spacial score (nSPS) is 19.3. The van der Waals surface area contributed by atoms with Crippen molar-refractivity contribution in [3.05, 3.63) is 42.9 Å². The molecule has 6 nitrogen and oxygen atoms in total. The highest BCUT2D eigenvalue weighted by atomic mass is 16.2. The van der Waals surface area contributed by atoms with Crippen LogP contribution in [0.5, 0.6) is 0 Å². The summed E-state index contributed by atoms with van der Waals surface area (Å²) in [6, 6.07) is 0.385. The average molecular weight is 367 g/mol. The molecule has 2 aliphatic rings. The summed E-state index contributed by atoms with van der Waals surface area (Å²) in [5.74, 6) is 1.09. The zero-order valence-electron chi connectivity index (χ0n) is 16.2. The second-order valence-corrected chi connectivity index (χ2v) is 7.08. The summed E-state index contributed by atoms with van der Waals surface area (Å²) in [6.45, 7) is 8.52. The number of aliphatic imine (C=N–C) groups is 1. The van der Waals surface area contributed by atoms with Crippen LogP contribution in [0, 0.1) is 0 Å². The van der Waals surface area contributed by atoms with Crippen molar-refractivity contribution in [3.63, 3.8) is 0 Å². The van der Waals surface area contributed by atoms with Crippen molar-refractivity contribution in [3.8, 4) is 0 Å². The molecule has 2 saturated heterocycles. The lowest BCUT2D eigenvalue weighted by Gasteiger charge is -2.36. The number of aromatic nitrogens is 2. The summed E-state index contributed by atoms with van der Waals surface area (Å²) in [4.78, 5) is 29.9. The number of hydrogen-bond acceptors (Lipinski definition) is 5. The molecule has 0 bridgehead atoms. The van der Waals surface area contributed by atoms with Gasteiger partial charge in [-0.15, -0.1) is 0 Å². The van der Waals surface area contributed by atoms with Gasteiger partial charge in [0.15, 0.2) is 0 Å². The van der Waals surface area contributed by atoms with Gasteiger partial charge in [-0.1, -0.05) is 26.0 Å². The van der Waals surface area contributed by atoms with Crippen molar-refractivity contribution in [2.75, 3.05) is 24.5 Å². The highest BCUT2D eigenvalue weighted by Gasteiger charge is 2.31. The minimum absolute atomic E-state index is 0.322. The Kier molecular flexibility index (Phi) is 6.74. The first-order valence-electron chi connectivity index (χ1n) is 9.94. The van der Waals surface area contributed by atoms with Crippen LogP contribution in [0.25, 0.3) is 0 Å². The molecule has 0 aromatic carbocycles. The summed E-state index contributed by atoms with van der Waals surface area (Å²) in [5.41, 5.74) is 1.96. The van der Waals surface area contributed by atoms with Gasteiger partial charge in [0.25, 0.3) is 0 Å². The van der Waals surface area contributed by atoms with E-state index in [9.17, 15) is 4.79 Å². The molecule has 2 fully saturated rings. The van der Waals surface area contributed by atoms with Crippen molar-refractivity contribution in [1.82, 2.24) is 14.9 Å². The van der Waals surface area contributed by atoms with E-state index in [2.05, 4.69) is 38.3 Å². The van der Waals surface area contributed by atoms with Gasteiger partial charge in [0.2, 0.25) is 11.9 Å². The van der Waals surface area contributed by atoms with Crippen molar-refractivity contribution in [2.45, 2.75) is 51.5 Å². The molecule has 0 aliphatic carbocycles. The monoisotopic (exact) mass is 367 g/mol. The number of likely N-dealkylation sites (tertiary alicyclic amines) is 1. The van der Waals surface area contributed by atoms with Gasteiger partial charge in [-0.3, -0.25) is 9.79 Å². The van der Waals surface area contributed by atoms with Crippen molar-refractivity contribution < 1.29 is 4.79 Å². The van der Waals surface area contributed by atoms with E-state index in [1.165, 1.54) is 0 Å². The molecule has 3 rings (SSSR count). The number of anilines is 1. The smallest absolute Gasteiger partial charge is 0.225 e. The first kappa shape index (κ1) is 19.3. The molecule has 0 radical (unpaired) electrons. The molecule has 3 heterocycles. The lowest BCUT2D eigenvalue weighted by molar-refractivity contribution is -0.130. The van der Waals surface area contributed by atoms with Crippen LogP contribution in [0.3, 0.4) is 0 Å². The Labute approximate surface area is 161 Å². The molecule has 0 saturated carbocycles. The van der Waals surface area contributed by atoms with Gasteiger partial charge in [-0.05, 0) is 31.8 Å². The summed E-state index contributed by atoms with van der Waals surface area (Å²) in [6.07, 6.45) is 14.6. The summed E-state index contributed by atoms with van der Waals surface area (Å²) >= 11 is 0. The molecular weight excluding hydrogens is 338 g/mol. The van der Waals surface area contributed by atoms with Crippen LogP contribution in [-0.2, 0) is 4.79 Å². The standard InChI is InChI=1S/C21H29N5O/c1-3-5-11-22-19(7-4-2)17-15-23-21(24-16-17)25-13-9-18(10-14-25)26-12-6-8-20(26)27/h3,5,11,15-16,18H,1,4,6-10,12-14H2,2H3/b11-5-,22-19?. The van der Waals surface area contributed by atoms with Crippen molar-refractivity contribution in [2.24, 2.45) is 4.99 Å². The first-order chi connectivity index (χ1) is 13.2. The summed E-state index contributed by atoms with van der Waals surface area (Å²) < 4.78 is 0. The highest BCUT2D eigenvalue weighted by Crippen LogP contribution is 2.24. The minimum Gasteiger partial charge on any atom is -0.341 e. The molecule has 0 N–H and O–H groups in total. The van der Waals surface area contributed by atoms with Crippen LogP contribution >= 0.6 is 0 Å². The van der Waals surface area contributed by atoms with E-state index < -0.39 is 0 Å². The molecule has 1 aromatic rings. The third-order valence-corrected chi connectivity index (χ3v) is 5.21. The van der Waals surface area contributed by atoms with Crippen LogP contribution in [-0.4, -0.2) is 52.2 Å². The van der Waals surface area contributed by atoms with Gasteiger partial charge >= 0.3 is 0 Å². The Morgan fingerprint density at radius 3 is 2.63 bits per heavy atom. The van der Waals surface area contributed by atoms with E-state index in [0.717, 1.165) is 69.0 Å². The lowest BCUT2D eigenvalue weighted by Crippen LogP contribution is -2.45. The lowest BCUT2D eigenvalue weighted by atomic mass is 10.0. The number of carbonyl (C=O) groups excluding carboxylic acids is 1. The number of hydrogen-bond donors (Lipinski definition) is 0. The predicted molar refractivity (Wildman–Crippen MR) is 109 cm³/mol. The fourth-order valence-electron chi connectivity index (χ4n) is 3.78. The largest absolute Gasteiger partial charge is 0.341 e. The number of piperidine rings is 1. The molecule has 27 heavy (non-hydrogen) atoms. The van der Waals surface area contributed by atoms with Crippen LogP contribution in [0.1, 0.15) is 51.0 Å². The first-order valence-corrected chi connectivity index (χ1v) is 9.94. The van der Waals surface area contributed by atoms with Crippen molar-refractivity contribution >= 4 is 17.6 Å². The topological polar surface area (TPSA) is 61.7 Å². The second-order valence-electron chi connectivity index (χ2n) is 7.08. The van der Waals surface area contributed by atoms with Gasteiger partial charge in [0.05, 0.1) is 5.71 Å². The number of amides is 1. The zero-order valence-corrected chi connectivity index (χ0v) is 16.2. The molecule has 2 aliphatic heterocycles. The van der Waals surface area contributed by atoms with Gasteiger partial charge in [0.1, 0.15) is 0 Å². The Hall–Kier alpha value is -2.50. The Morgan fingerprint density at radius 1 is 1.30 bits per heavy atom. The second kappa shape index (κ2) is 9.44. The molecule has 0 unspecified atom stereocenters. The van der Waals surface area contributed by atoms with E-state index in [1.54, 1.807) is 12.3 Å². The van der Waals surface area contributed by atoms with Gasteiger partial charge < -0.3 is 9.80 Å². The van der Waals surface area contributed by atoms with E-state index in [4.69, 9.17) is 0 Å². The maximum Gasteiger partial charge on any atom is 0.225 e. The Balaban J connectivity index is 1.62. The predicted octanol–water partition coefficient (Wildman–Crippen LogP) is 3.36. The molecule has 6 heteroatoms. The maximum absolute atomic E-state index is 11.9. The van der Waals surface area contributed by atoms with E-state index in [0.29, 0.717) is 18.4 Å². The van der Waals surface area contributed by atoms with Gasteiger partial charge in [-0.2, -0.15) is 0 Å². The minimum atomic E-state index is 0.322. The molecule has 144 valence electrons. The quantitative estimate of drug-likeness (QED) is 0.548. The van der Waals surface area contributed by atoms with Crippen LogP contribution in [0.4, 0.5) is 5.95 Å². The Bertz CT molecular complexity index is 702. The SMILES string of the molecule is C=C/C=C\N=C(CCC)c1cnc(N2CCC(N3CCCC3=O)CC2)nc1. The molecule has 0 atom stereocenters. The number of nitrogens with zero attached hydrogens (tertiary/aromatic N) is 5. The molecule has 1 aromatic heterocycles. The molecular formula is C21H29N5O. The summed E-state index contributed by atoms with van der Waals surface area (Å²) in [7, 11) is 0. The van der Waals surface area contributed by atoms with Crippen LogP contribution in [0.2, 0.25) is 0 Å². The fourth-order valence-corrected chi connectivity index (χ4v) is 3.78. The Morgan fingerprint density at radius 2 is 2.04 bits per heavy atom. The summed E-state index contributed by atoms with van der Waals surface area (Å²) in [5, 5.41) is 0. The number of allylic oxidation sites excluding steroid dienone is 2. The van der Waals surface area contributed by atoms with E-state index in [-0.39, 0.29) is 0 Å². The van der Waals surface area contributed by atoms with Crippen LogP contribution in [0.15, 0.2) is 42.3 Å². The van der Waals surface area contributed by atoms with Crippen LogP contribution < -0.4 is 4.90 Å². The van der Waals surface area contributed by atoms with Crippen molar-refractivity contribution in [1.29, 1.82) is 0 Å². The van der Waals surface area contributed by atoms with Gasteiger partial charge in [-0.25, -0.2) is 9.97 Å². The maximum atomic E-state index is 11.9. The zero-order chi connectivity index (χ0) is 19.1. The number of carbonyl (C=O) groups is 1. The van der Waals surface area contributed by atoms with E-state index >= 15 is 0 Å². The van der Waals surface area contributed by atoms with Gasteiger partial charge in [0, 0.05) is 56.3 Å². The molecule has 1 amide bonds. The van der Waals surface area contributed by atoms with E-state index in [1.807, 2.05) is 18.5 Å². The number of rotatable bonds is 7. The highest BCUT2D eigenvalue weighted by molar-refractivity contribution is 6.00. The fraction of sp³-hybridized carbons (Fsp3) is 0.524.